The molecule has 1 fully saturated rings. The summed E-state index contributed by atoms with van der Waals surface area (Å²) in [6.07, 6.45) is 5.98. The molecule has 0 unspecified atom stereocenters. The molecule has 0 amide bonds. The van der Waals surface area contributed by atoms with Crippen molar-refractivity contribution >= 4 is 16.4 Å². The zero-order valence-corrected chi connectivity index (χ0v) is 12.5. The predicted molar refractivity (Wildman–Crippen MR) is 77.6 cm³/mol. The van der Waals surface area contributed by atoms with Crippen molar-refractivity contribution in [3.8, 4) is 5.75 Å². The third kappa shape index (κ3) is 4.07. The Labute approximate surface area is 120 Å². The maximum absolute atomic E-state index is 12.1. The van der Waals surface area contributed by atoms with E-state index in [1.165, 1.54) is 12.5 Å². The number of aldehydes is 1. The van der Waals surface area contributed by atoms with Crippen molar-refractivity contribution in [2.75, 3.05) is 5.75 Å². The van der Waals surface area contributed by atoms with Crippen LogP contribution >= 0.6 is 0 Å². The minimum Gasteiger partial charge on any atom is -0.382 e. The molecule has 0 radical (unpaired) electrons. The van der Waals surface area contributed by atoms with Crippen LogP contribution in [0.1, 0.15) is 48.0 Å². The van der Waals surface area contributed by atoms with Gasteiger partial charge in [0.05, 0.1) is 5.75 Å². The normalized spacial score (nSPS) is 16.9. The van der Waals surface area contributed by atoms with Gasteiger partial charge in [-0.05, 0) is 37.3 Å². The van der Waals surface area contributed by atoms with Crippen LogP contribution in [0.15, 0.2) is 18.2 Å². The van der Waals surface area contributed by atoms with Gasteiger partial charge in [-0.1, -0.05) is 31.4 Å². The first kappa shape index (κ1) is 15.0. The molecule has 0 saturated heterocycles. The Morgan fingerprint density at radius 1 is 1.25 bits per heavy atom. The van der Waals surface area contributed by atoms with Gasteiger partial charge in [0.1, 0.15) is 12.0 Å². The van der Waals surface area contributed by atoms with Gasteiger partial charge in [-0.15, -0.1) is 0 Å². The van der Waals surface area contributed by atoms with E-state index in [1.807, 2.05) is 0 Å². The van der Waals surface area contributed by atoms with Crippen LogP contribution in [0.3, 0.4) is 0 Å². The Balaban J connectivity index is 2.09. The second kappa shape index (κ2) is 6.39. The van der Waals surface area contributed by atoms with Crippen molar-refractivity contribution in [3.05, 3.63) is 29.3 Å². The standard InChI is InChI=1S/C15H20O4S/c1-12-7-8-14(10-16)9-15(12)19-20(17,18)11-13-5-3-2-4-6-13/h7-10,13H,2-6,11H2,1H3. The van der Waals surface area contributed by atoms with E-state index in [1.54, 1.807) is 19.1 Å². The topological polar surface area (TPSA) is 60.4 Å². The molecule has 4 nitrogen and oxygen atoms in total. The van der Waals surface area contributed by atoms with E-state index < -0.39 is 10.1 Å². The summed E-state index contributed by atoms with van der Waals surface area (Å²) in [5, 5.41) is 0. The average Bonchev–Trinajstić information content (AvgIpc) is 2.41. The maximum atomic E-state index is 12.1. The zero-order valence-electron chi connectivity index (χ0n) is 11.7. The van der Waals surface area contributed by atoms with Gasteiger partial charge in [0.25, 0.3) is 0 Å². The number of rotatable bonds is 5. The molecular formula is C15H20O4S. The van der Waals surface area contributed by atoms with Crippen LogP contribution in [0.25, 0.3) is 0 Å². The van der Waals surface area contributed by atoms with Crippen molar-refractivity contribution in [1.82, 2.24) is 0 Å². The average molecular weight is 296 g/mol. The van der Waals surface area contributed by atoms with Crippen molar-refractivity contribution in [3.63, 3.8) is 0 Å². The molecule has 0 bridgehead atoms. The van der Waals surface area contributed by atoms with E-state index in [0.29, 0.717) is 17.4 Å². The monoisotopic (exact) mass is 296 g/mol. The third-order valence-electron chi connectivity index (χ3n) is 3.73. The van der Waals surface area contributed by atoms with Crippen LogP contribution < -0.4 is 4.18 Å². The van der Waals surface area contributed by atoms with E-state index in [4.69, 9.17) is 4.18 Å². The summed E-state index contributed by atoms with van der Waals surface area (Å²) >= 11 is 0. The predicted octanol–water partition coefficient (Wildman–Crippen LogP) is 3.10. The van der Waals surface area contributed by atoms with Crippen LogP contribution in [0.2, 0.25) is 0 Å². The van der Waals surface area contributed by atoms with E-state index in [9.17, 15) is 13.2 Å². The summed E-state index contributed by atoms with van der Waals surface area (Å²) in [5.74, 6) is 0.520. The van der Waals surface area contributed by atoms with Gasteiger partial charge >= 0.3 is 10.1 Å². The molecule has 0 heterocycles. The summed E-state index contributed by atoms with van der Waals surface area (Å²) in [7, 11) is -3.60. The molecule has 1 aliphatic carbocycles. The first-order valence-electron chi connectivity index (χ1n) is 6.98. The number of carbonyl (C=O) groups is 1. The lowest BCUT2D eigenvalue weighted by atomic mass is 9.91. The number of carbonyl (C=O) groups excluding carboxylic acids is 1. The summed E-state index contributed by atoms with van der Waals surface area (Å²) in [6.45, 7) is 1.76. The molecule has 1 saturated carbocycles. The van der Waals surface area contributed by atoms with Crippen molar-refractivity contribution in [1.29, 1.82) is 0 Å². The summed E-state index contributed by atoms with van der Waals surface area (Å²) < 4.78 is 29.4. The highest BCUT2D eigenvalue weighted by molar-refractivity contribution is 7.87. The molecule has 20 heavy (non-hydrogen) atoms. The summed E-state index contributed by atoms with van der Waals surface area (Å²) in [5.41, 5.74) is 1.13. The molecule has 2 rings (SSSR count). The van der Waals surface area contributed by atoms with E-state index in [2.05, 4.69) is 0 Å². The highest BCUT2D eigenvalue weighted by atomic mass is 32.2. The van der Waals surface area contributed by atoms with Gasteiger partial charge in [-0.2, -0.15) is 8.42 Å². The minimum absolute atomic E-state index is 0.0672. The van der Waals surface area contributed by atoms with E-state index in [0.717, 1.165) is 25.7 Å². The molecule has 0 aromatic heterocycles. The number of benzene rings is 1. The molecule has 1 aliphatic rings. The third-order valence-corrected chi connectivity index (χ3v) is 5.04. The highest BCUT2D eigenvalue weighted by Gasteiger charge is 2.23. The fourth-order valence-electron chi connectivity index (χ4n) is 2.59. The molecule has 0 spiro atoms. The van der Waals surface area contributed by atoms with Gasteiger partial charge in [0.15, 0.2) is 0 Å². The van der Waals surface area contributed by atoms with Crippen LogP contribution in [-0.2, 0) is 10.1 Å². The largest absolute Gasteiger partial charge is 0.382 e. The molecule has 110 valence electrons. The second-order valence-corrected chi connectivity index (χ2v) is 7.07. The van der Waals surface area contributed by atoms with Crippen LogP contribution in [0, 0.1) is 12.8 Å². The van der Waals surface area contributed by atoms with Crippen molar-refractivity contribution in [2.24, 2.45) is 5.92 Å². The maximum Gasteiger partial charge on any atom is 0.309 e. The van der Waals surface area contributed by atoms with E-state index >= 15 is 0 Å². The fourth-order valence-corrected chi connectivity index (χ4v) is 4.02. The minimum atomic E-state index is -3.60. The Hall–Kier alpha value is -1.36. The zero-order chi connectivity index (χ0) is 14.6. The molecule has 1 aromatic carbocycles. The Kier molecular flexibility index (Phi) is 4.81. The lowest BCUT2D eigenvalue weighted by Crippen LogP contribution is -2.22. The Bertz CT molecular complexity index is 572. The molecular weight excluding hydrogens is 276 g/mol. The van der Waals surface area contributed by atoms with Gasteiger partial charge in [-0.25, -0.2) is 0 Å². The SMILES string of the molecule is Cc1ccc(C=O)cc1OS(=O)(=O)CC1CCCCC1. The van der Waals surface area contributed by atoms with Gasteiger partial charge in [0, 0.05) is 5.56 Å². The van der Waals surface area contributed by atoms with Crippen LogP contribution in [0.4, 0.5) is 0 Å². The highest BCUT2D eigenvalue weighted by Crippen LogP contribution is 2.27. The van der Waals surface area contributed by atoms with Crippen molar-refractivity contribution in [2.45, 2.75) is 39.0 Å². The molecule has 0 atom stereocenters. The van der Waals surface area contributed by atoms with Gasteiger partial charge < -0.3 is 4.18 Å². The molecule has 5 heteroatoms. The number of hydrogen-bond acceptors (Lipinski definition) is 4. The van der Waals surface area contributed by atoms with E-state index in [-0.39, 0.29) is 17.4 Å². The fraction of sp³-hybridized carbons (Fsp3) is 0.533. The Morgan fingerprint density at radius 2 is 1.95 bits per heavy atom. The quantitative estimate of drug-likeness (QED) is 0.619. The lowest BCUT2D eigenvalue weighted by Gasteiger charge is -2.21. The molecule has 0 N–H and O–H groups in total. The first-order valence-corrected chi connectivity index (χ1v) is 8.56. The summed E-state index contributed by atoms with van der Waals surface area (Å²) in [4.78, 5) is 10.7. The second-order valence-electron chi connectivity index (χ2n) is 5.45. The Morgan fingerprint density at radius 3 is 2.60 bits per heavy atom. The smallest absolute Gasteiger partial charge is 0.309 e. The van der Waals surface area contributed by atoms with Crippen molar-refractivity contribution < 1.29 is 17.4 Å². The molecule has 1 aromatic rings. The van der Waals surface area contributed by atoms with Gasteiger partial charge in [0.2, 0.25) is 0 Å². The van der Waals surface area contributed by atoms with Crippen LogP contribution in [0.5, 0.6) is 5.75 Å². The summed E-state index contributed by atoms with van der Waals surface area (Å²) in [6, 6.07) is 4.80. The van der Waals surface area contributed by atoms with Gasteiger partial charge in [-0.3, -0.25) is 4.79 Å². The number of aryl methyl sites for hydroxylation is 1. The first-order chi connectivity index (χ1) is 9.50. The number of hydrogen-bond donors (Lipinski definition) is 0. The lowest BCUT2D eigenvalue weighted by molar-refractivity contribution is 0.112. The molecule has 0 aliphatic heterocycles. The van der Waals surface area contributed by atoms with Crippen LogP contribution in [-0.4, -0.2) is 20.5 Å².